The van der Waals surface area contributed by atoms with Crippen molar-refractivity contribution in [1.29, 1.82) is 0 Å². The Morgan fingerprint density at radius 2 is 2.45 bits per heavy atom. The summed E-state index contributed by atoms with van der Waals surface area (Å²) in [6, 6.07) is 4.15. The molecule has 4 nitrogen and oxygen atoms in total. The zero-order valence-corrected chi connectivity index (χ0v) is 12.3. The first-order valence-corrected chi connectivity index (χ1v) is 7.84. The Hall–Kier alpha value is -1.17. The fourth-order valence-electron chi connectivity index (χ4n) is 3.08. The van der Waals surface area contributed by atoms with Crippen molar-refractivity contribution in [1.82, 2.24) is 4.90 Å². The number of thiophene rings is 1. The van der Waals surface area contributed by atoms with Crippen LogP contribution in [0.15, 0.2) is 23.6 Å². The summed E-state index contributed by atoms with van der Waals surface area (Å²) in [5.74, 6) is 0.0773. The van der Waals surface area contributed by atoms with Gasteiger partial charge in [-0.1, -0.05) is 6.07 Å². The minimum Gasteiger partial charge on any atom is -0.379 e. The summed E-state index contributed by atoms with van der Waals surface area (Å²) in [5, 5.41) is 2.01. The standard InChI is InChI=1S/C15H19NO3S/c1-18-13-6-5-12-15(13)19-9-8-16(12)14(17)7-4-11-3-2-10-20-11/h2-4,7,10,12-13,15H,5-6,8-9H2,1H3/b7-4+/t12-,13-,15+/m1/s1. The third-order valence-corrected chi connectivity index (χ3v) is 4.89. The van der Waals surface area contributed by atoms with E-state index in [1.54, 1.807) is 24.5 Å². The quantitative estimate of drug-likeness (QED) is 0.802. The highest BCUT2D eigenvalue weighted by molar-refractivity contribution is 7.10. The number of nitrogens with zero attached hydrogens (tertiary/aromatic N) is 1. The number of hydrogen-bond acceptors (Lipinski definition) is 4. The molecule has 108 valence electrons. The molecular formula is C15H19NO3S. The molecule has 0 bridgehead atoms. The molecule has 1 aromatic heterocycles. The SMILES string of the molecule is CO[C@@H]1CC[C@@H]2[C@@H]1OCCN2C(=O)/C=C/c1cccs1. The molecule has 1 saturated heterocycles. The van der Waals surface area contributed by atoms with E-state index in [4.69, 9.17) is 9.47 Å². The molecule has 1 aliphatic carbocycles. The molecule has 2 fully saturated rings. The fraction of sp³-hybridized carbons (Fsp3) is 0.533. The Labute approximate surface area is 123 Å². The summed E-state index contributed by atoms with van der Waals surface area (Å²) in [6.07, 6.45) is 5.64. The van der Waals surface area contributed by atoms with Gasteiger partial charge in [-0.15, -0.1) is 11.3 Å². The van der Waals surface area contributed by atoms with E-state index in [1.807, 2.05) is 28.5 Å². The number of rotatable bonds is 3. The minimum atomic E-state index is 0.0350. The van der Waals surface area contributed by atoms with Crippen LogP contribution < -0.4 is 0 Å². The van der Waals surface area contributed by atoms with Crippen LogP contribution in [0.5, 0.6) is 0 Å². The molecule has 5 heteroatoms. The van der Waals surface area contributed by atoms with E-state index in [0.717, 1.165) is 17.7 Å². The molecule has 2 heterocycles. The van der Waals surface area contributed by atoms with Gasteiger partial charge < -0.3 is 14.4 Å². The largest absolute Gasteiger partial charge is 0.379 e. The molecular weight excluding hydrogens is 274 g/mol. The highest BCUT2D eigenvalue weighted by Gasteiger charge is 2.44. The van der Waals surface area contributed by atoms with Crippen molar-refractivity contribution >= 4 is 23.3 Å². The maximum absolute atomic E-state index is 12.4. The summed E-state index contributed by atoms with van der Waals surface area (Å²) in [5.41, 5.74) is 0. The molecule has 1 saturated carbocycles. The second kappa shape index (κ2) is 6.08. The van der Waals surface area contributed by atoms with Gasteiger partial charge in [0, 0.05) is 24.6 Å². The molecule has 20 heavy (non-hydrogen) atoms. The molecule has 1 aliphatic heterocycles. The van der Waals surface area contributed by atoms with E-state index >= 15 is 0 Å². The maximum atomic E-state index is 12.4. The first-order valence-electron chi connectivity index (χ1n) is 6.96. The van der Waals surface area contributed by atoms with Crippen LogP contribution in [0.4, 0.5) is 0 Å². The molecule has 1 amide bonds. The monoisotopic (exact) mass is 293 g/mol. The number of methoxy groups -OCH3 is 1. The lowest BCUT2D eigenvalue weighted by Gasteiger charge is -2.38. The molecule has 3 atom stereocenters. The van der Waals surface area contributed by atoms with Gasteiger partial charge in [-0.3, -0.25) is 4.79 Å². The average Bonchev–Trinajstić information content (AvgIpc) is 3.13. The van der Waals surface area contributed by atoms with Gasteiger partial charge in [0.05, 0.1) is 18.8 Å². The van der Waals surface area contributed by atoms with Crippen molar-refractivity contribution in [2.75, 3.05) is 20.3 Å². The average molecular weight is 293 g/mol. The highest BCUT2D eigenvalue weighted by atomic mass is 32.1. The maximum Gasteiger partial charge on any atom is 0.247 e. The van der Waals surface area contributed by atoms with Gasteiger partial charge in [0.1, 0.15) is 6.10 Å². The first-order chi connectivity index (χ1) is 9.79. The Bertz CT molecular complexity index is 485. The lowest BCUT2D eigenvalue weighted by molar-refractivity contribution is -0.145. The van der Waals surface area contributed by atoms with Gasteiger partial charge in [0.25, 0.3) is 0 Å². The van der Waals surface area contributed by atoms with Crippen LogP contribution in [0, 0.1) is 0 Å². The smallest absolute Gasteiger partial charge is 0.247 e. The number of hydrogen-bond donors (Lipinski definition) is 0. The van der Waals surface area contributed by atoms with E-state index in [0.29, 0.717) is 13.2 Å². The highest BCUT2D eigenvalue weighted by Crippen LogP contribution is 2.32. The van der Waals surface area contributed by atoms with Crippen molar-refractivity contribution in [3.05, 3.63) is 28.5 Å². The number of ether oxygens (including phenoxy) is 2. The Kier molecular flexibility index (Phi) is 4.19. The lowest BCUT2D eigenvalue weighted by atomic mass is 10.1. The van der Waals surface area contributed by atoms with Crippen molar-refractivity contribution < 1.29 is 14.3 Å². The minimum absolute atomic E-state index is 0.0350. The molecule has 0 aromatic carbocycles. The molecule has 3 rings (SSSR count). The van der Waals surface area contributed by atoms with E-state index < -0.39 is 0 Å². The Morgan fingerprint density at radius 1 is 1.55 bits per heavy atom. The fourth-order valence-corrected chi connectivity index (χ4v) is 3.69. The number of amides is 1. The summed E-state index contributed by atoms with van der Waals surface area (Å²) >= 11 is 1.63. The van der Waals surface area contributed by atoms with Crippen LogP contribution in [0.25, 0.3) is 6.08 Å². The molecule has 1 aromatic rings. The lowest BCUT2D eigenvalue weighted by Crippen LogP contribution is -2.53. The second-order valence-electron chi connectivity index (χ2n) is 5.13. The third kappa shape index (κ3) is 2.66. The van der Waals surface area contributed by atoms with Gasteiger partial charge in [-0.25, -0.2) is 0 Å². The van der Waals surface area contributed by atoms with Crippen molar-refractivity contribution in [2.24, 2.45) is 0 Å². The van der Waals surface area contributed by atoms with E-state index in [2.05, 4.69) is 0 Å². The van der Waals surface area contributed by atoms with Crippen molar-refractivity contribution in [3.63, 3.8) is 0 Å². The van der Waals surface area contributed by atoms with Gasteiger partial charge in [-0.05, 0) is 30.4 Å². The predicted molar refractivity (Wildman–Crippen MR) is 78.6 cm³/mol. The number of fused-ring (bicyclic) bond motifs is 1. The zero-order chi connectivity index (χ0) is 13.9. The number of morpholine rings is 1. The molecule has 0 unspecified atom stereocenters. The molecule has 0 radical (unpaired) electrons. The Balaban J connectivity index is 1.68. The topological polar surface area (TPSA) is 38.8 Å². The normalized spacial score (nSPS) is 29.9. The Morgan fingerprint density at radius 3 is 3.20 bits per heavy atom. The van der Waals surface area contributed by atoms with Gasteiger partial charge in [0.15, 0.2) is 0 Å². The first kappa shape index (κ1) is 13.8. The van der Waals surface area contributed by atoms with Gasteiger partial charge >= 0.3 is 0 Å². The van der Waals surface area contributed by atoms with Crippen LogP contribution in [0.1, 0.15) is 17.7 Å². The summed E-state index contributed by atoms with van der Waals surface area (Å²) in [4.78, 5) is 15.4. The van der Waals surface area contributed by atoms with Crippen LogP contribution in [-0.4, -0.2) is 49.3 Å². The van der Waals surface area contributed by atoms with Gasteiger partial charge in [0.2, 0.25) is 5.91 Å². The predicted octanol–water partition coefficient (Wildman–Crippen LogP) is 2.17. The molecule has 2 aliphatic rings. The van der Waals surface area contributed by atoms with Crippen LogP contribution in [0.3, 0.4) is 0 Å². The number of carbonyl (C=O) groups excluding carboxylic acids is 1. The second-order valence-corrected chi connectivity index (χ2v) is 6.11. The van der Waals surface area contributed by atoms with Gasteiger partial charge in [-0.2, -0.15) is 0 Å². The van der Waals surface area contributed by atoms with Crippen LogP contribution in [0.2, 0.25) is 0 Å². The summed E-state index contributed by atoms with van der Waals surface area (Å²) in [7, 11) is 1.72. The third-order valence-electron chi connectivity index (χ3n) is 4.05. The van der Waals surface area contributed by atoms with Crippen LogP contribution >= 0.6 is 11.3 Å². The van der Waals surface area contributed by atoms with E-state index in [-0.39, 0.29) is 24.2 Å². The zero-order valence-electron chi connectivity index (χ0n) is 11.5. The molecule has 0 N–H and O–H groups in total. The van der Waals surface area contributed by atoms with E-state index in [1.165, 1.54) is 0 Å². The van der Waals surface area contributed by atoms with E-state index in [9.17, 15) is 4.79 Å². The van der Waals surface area contributed by atoms with Crippen LogP contribution in [-0.2, 0) is 14.3 Å². The summed E-state index contributed by atoms with van der Waals surface area (Å²) in [6.45, 7) is 1.27. The van der Waals surface area contributed by atoms with Crippen molar-refractivity contribution in [3.8, 4) is 0 Å². The molecule has 0 spiro atoms. The number of carbonyl (C=O) groups is 1. The summed E-state index contributed by atoms with van der Waals surface area (Å²) < 4.78 is 11.2. The van der Waals surface area contributed by atoms with Crippen molar-refractivity contribution in [2.45, 2.75) is 31.1 Å².